The summed E-state index contributed by atoms with van der Waals surface area (Å²) in [5.74, 6) is -0.810. The Morgan fingerprint density at radius 2 is 1.69 bits per heavy atom. The van der Waals surface area contributed by atoms with Crippen LogP contribution in [0.3, 0.4) is 0 Å². The van der Waals surface area contributed by atoms with Crippen molar-refractivity contribution < 1.29 is 14.4 Å². The predicted molar refractivity (Wildman–Crippen MR) is 56.6 cm³/mol. The summed E-state index contributed by atoms with van der Waals surface area (Å²) >= 11 is 0. The molecule has 5 nitrogen and oxygen atoms in total. The molecule has 0 unspecified atom stereocenters. The van der Waals surface area contributed by atoms with Gasteiger partial charge < -0.3 is 5.73 Å². The van der Waals surface area contributed by atoms with Gasteiger partial charge in [-0.2, -0.15) is 0 Å². The van der Waals surface area contributed by atoms with Crippen molar-refractivity contribution in [3.63, 3.8) is 0 Å². The van der Waals surface area contributed by atoms with E-state index in [2.05, 4.69) is 0 Å². The molecule has 0 spiro atoms. The standard InChI is InChI=1S/C11H12N2O3/c12-6-3-7-16-13-10(14)8-4-1-2-5-9(8)11(13)15/h1-2,4-5H,3,6-7,12H2. The van der Waals surface area contributed by atoms with Gasteiger partial charge in [0.2, 0.25) is 0 Å². The van der Waals surface area contributed by atoms with Gasteiger partial charge in [0.1, 0.15) is 0 Å². The van der Waals surface area contributed by atoms with Gasteiger partial charge in [0, 0.05) is 0 Å². The molecule has 0 radical (unpaired) electrons. The van der Waals surface area contributed by atoms with Crippen molar-refractivity contribution in [3.8, 4) is 0 Å². The average Bonchev–Trinajstić information content (AvgIpc) is 2.55. The van der Waals surface area contributed by atoms with Gasteiger partial charge in [-0.05, 0) is 25.1 Å². The monoisotopic (exact) mass is 220 g/mol. The van der Waals surface area contributed by atoms with Crippen molar-refractivity contribution >= 4 is 11.8 Å². The smallest absolute Gasteiger partial charge is 0.285 e. The van der Waals surface area contributed by atoms with E-state index in [4.69, 9.17) is 10.6 Å². The van der Waals surface area contributed by atoms with E-state index < -0.39 is 11.8 Å². The molecule has 0 saturated heterocycles. The van der Waals surface area contributed by atoms with Gasteiger partial charge in [0.05, 0.1) is 17.7 Å². The van der Waals surface area contributed by atoms with Crippen LogP contribution in [0.4, 0.5) is 0 Å². The molecule has 1 aliphatic rings. The maximum atomic E-state index is 11.8. The molecule has 1 aromatic rings. The van der Waals surface area contributed by atoms with Crippen LogP contribution in [0.5, 0.6) is 0 Å². The Balaban J connectivity index is 2.15. The lowest BCUT2D eigenvalue weighted by Gasteiger charge is -2.12. The molecule has 0 saturated carbocycles. The fourth-order valence-corrected chi connectivity index (χ4v) is 1.52. The van der Waals surface area contributed by atoms with Crippen LogP contribution in [-0.4, -0.2) is 30.0 Å². The van der Waals surface area contributed by atoms with Gasteiger partial charge in [-0.3, -0.25) is 14.4 Å². The molecule has 2 amide bonds. The fraction of sp³-hybridized carbons (Fsp3) is 0.273. The topological polar surface area (TPSA) is 72.6 Å². The highest BCUT2D eigenvalue weighted by Crippen LogP contribution is 2.22. The molecular weight excluding hydrogens is 208 g/mol. The van der Waals surface area contributed by atoms with Crippen molar-refractivity contribution in [2.45, 2.75) is 6.42 Å². The maximum Gasteiger partial charge on any atom is 0.285 e. The lowest BCUT2D eigenvalue weighted by Crippen LogP contribution is -2.30. The summed E-state index contributed by atoms with van der Waals surface area (Å²) in [5.41, 5.74) is 6.08. The Bertz CT molecular complexity index is 396. The molecule has 0 aromatic heterocycles. The van der Waals surface area contributed by atoms with Gasteiger partial charge in [-0.1, -0.05) is 12.1 Å². The van der Waals surface area contributed by atoms with E-state index >= 15 is 0 Å². The van der Waals surface area contributed by atoms with E-state index in [-0.39, 0.29) is 6.61 Å². The van der Waals surface area contributed by atoms with Gasteiger partial charge in [0.15, 0.2) is 0 Å². The highest BCUT2D eigenvalue weighted by Gasteiger charge is 2.36. The van der Waals surface area contributed by atoms with Gasteiger partial charge in [-0.25, -0.2) is 0 Å². The zero-order valence-electron chi connectivity index (χ0n) is 8.68. The molecule has 2 N–H and O–H groups in total. The van der Waals surface area contributed by atoms with Crippen molar-refractivity contribution in [1.29, 1.82) is 0 Å². The van der Waals surface area contributed by atoms with Crippen molar-refractivity contribution in [3.05, 3.63) is 35.4 Å². The molecule has 1 heterocycles. The second-order valence-corrected chi connectivity index (χ2v) is 3.43. The average molecular weight is 220 g/mol. The van der Waals surface area contributed by atoms with E-state index in [0.717, 1.165) is 5.06 Å². The summed E-state index contributed by atoms with van der Waals surface area (Å²) in [7, 11) is 0. The molecule has 0 fully saturated rings. The second kappa shape index (κ2) is 4.42. The molecule has 1 aliphatic heterocycles. The minimum atomic E-state index is -0.405. The number of imide groups is 1. The first-order chi connectivity index (χ1) is 7.75. The Hall–Kier alpha value is -1.72. The van der Waals surface area contributed by atoms with Gasteiger partial charge in [0.25, 0.3) is 11.8 Å². The predicted octanol–water partition coefficient (Wildman–Crippen LogP) is 0.563. The largest absolute Gasteiger partial charge is 0.330 e. The maximum absolute atomic E-state index is 11.8. The number of hydroxylamine groups is 2. The summed E-state index contributed by atoms with van der Waals surface area (Å²) in [5, 5.41) is 0.806. The molecule has 1 aromatic carbocycles. The number of carbonyl (C=O) groups is 2. The minimum absolute atomic E-state index is 0.266. The van der Waals surface area contributed by atoms with E-state index in [0.29, 0.717) is 24.1 Å². The fourth-order valence-electron chi connectivity index (χ4n) is 1.52. The molecule has 84 valence electrons. The summed E-state index contributed by atoms with van der Waals surface area (Å²) in [6.07, 6.45) is 0.605. The number of rotatable bonds is 4. The Labute approximate surface area is 92.7 Å². The van der Waals surface area contributed by atoms with E-state index in [9.17, 15) is 9.59 Å². The molecule has 0 bridgehead atoms. The number of nitrogens with zero attached hydrogens (tertiary/aromatic N) is 1. The summed E-state index contributed by atoms with van der Waals surface area (Å²) in [6, 6.07) is 6.66. The van der Waals surface area contributed by atoms with Crippen LogP contribution in [-0.2, 0) is 4.84 Å². The van der Waals surface area contributed by atoms with E-state index in [1.165, 1.54) is 0 Å². The number of nitrogens with two attached hydrogens (primary N) is 1. The lowest BCUT2D eigenvalue weighted by molar-refractivity contribution is -0.0914. The normalized spacial score (nSPS) is 14.4. The zero-order valence-corrected chi connectivity index (χ0v) is 8.68. The van der Waals surface area contributed by atoms with Gasteiger partial charge >= 0.3 is 0 Å². The first-order valence-corrected chi connectivity index (χ1v) is 5.06. The summed E-state index contributed by atoms with van der Waals surface area (Å²) in [6.45, 7) is 0.727. The van der Waals surface area contributed by atoms with Crippen molar-refractivity contribution in [1.82, 2.24) is 5.06 Å². The first kappa shape index (κ1) is 10.8. The van der Waals surface area contributed by atoms with Crippen LogP contribution < -0.4 is 5.73 Å². The number of hydrogen-bond acceptors (Lipinski definition) is 4. The molecule has 0 atom stereocenters. The lowest BCUT2D eigenvalue weighted by atomic mass is 10.1. The number of fused-ring (bicyclic) bond motifs is 1. The minimum Gasteiger partial charge on any atom is -0.330 e. The van der Waals surface area contributed by atoms with Crippen molar-refractivity contribution in [2.24, 2.45) is 5.73 Å². The Kier molecular flexibility index (Phi) is 2.98. The van der Waals surface area contributed by atoms with Crippen molar-refractivity contribution in [2.75, 3.05) is 13.2 Å². The molecule has 0 aliphatic carbocycles. The second-order valence-electron chi connectivity index (χ2n) is 3.43. The van der Waals surface area contributed by atoms with Crippen LogP contribution in [0.25, 0.3) is 0 Å². The molecule has 16 heavy (non-hydrogen) atoms. The van der Waals surface area contributed by atoms with Crippen LogP contribution in [0.15, 0.2) is 24.3 Å². The van der Waals surface area contributed by atoms with Crippen LogP contribution in [0, 0.1) is 0 Å². The van der Waals surface area contributed by atoms with Crippen LogP contribution in [0.1, 0.15) is 27.1 Å². The SMILES string of the molecule is NCCCON1C(=O)c2ccccc2C1=O. The Morgan fingerprint density at radius 3 is 2.19 bits per heavy atom. The molecule has 2 rings (SSSR count). The number of hydrogen-bond donors (Lipinski definition) is 1. The summed E-state index contributed by atoms with van der Waals surface area (Å²) < 4.78 is 0. The van der Waals surface area contributed by atoms with E-state index in [1.54, 1.807) is 24.3 Å². The molecular formula is C11H12N2O3. The third-order valence-corrected chi connectivity index (χ3v) is 2.33. The van der Waals surface area contributed by atoms with Crippen LogP contribution >= 0.6 is 0 Å². The quantitative estimate of drug-likeness (QED) is 0.594. The molecule has 5 heteroatoms. The van der Waals surface area contributed by atoms with E-state index in [1.807, 2.05) is 0 Å². The zero-order chi connectivity index (χ0) is 11.5. The highest BCUT2D eigenvalue weighted by molar-refractivity contribution is 6.20. The third kappa shape index (κ3) is 1.70. The first-order valence-electron chi connectivity index (χ1n) is 5.06. The highest BCUT2D eigenvalue weighted by atomic mass is 16.7. The number of benzene rings is 1. The number of amides is 2. The Morgan fingerprint density at radius 1 is 1.12 bits per heavy atom. The number of carbonyl (C=O) groups excluding carboxylic acids is 2. The summed E-state index contributed by atoms with van der Waals surface area (Å²) in [4.78, 5) is 28.6. The third-order valence-electron chi connectivity index (χ3n) is 2.33. The van der Waals surface area contributed by atoms with Gasteiger partial charge in [-0.15, -0.1) is 5.06 Å². The van der Waals surface area contributed by atoms with Crippen LogP contribution in [0.2, 0.25) is 0 Å².